The van der Waals surface area contributed by atoms with Gasteiger partial charge in [0.1, 0.15) is 6.10 Å². The zero-order chi connectivity index (χ0) is 20.9. The van der Waals surface area contributed by atoms with Gasteiger partial charge in [-0.1, -0.05) is 28.9 Å². The summed E-state index contributed by atoms with van der Waals surface area (Å²) in [7, 11) is 3.68. The van der Waals surface area contributed by atoms with E-state index in [1.807, 2.05) is 43.7 Å². The molecule has 2 aromatic heterocycles. The molecule has 1 saturated heterocycles. The summed E-state index contributed by atoms with van der Waals surface area (Å²) in [5.74, 6) is 1.91. The number of aliphatic imine (C=N–C) groups is 1. The number of halogens is 1. The maximum Gasteiger partial charge on any atom is 0.228 e. The van der Waals surface area contributed by atoms with Crippen LogP contribution in [0.2, 0.25) is 5.02 Å². The van der Waals surface area contributed by atoms with E-state index in [0.717, 1.165) is 23.6 Å². The Labute approximate surface area is 179 Å². The Hall–Kier alpha value is -2.91. The minimum Gasteiger partial charge on any atom is -0.370 e. The average molecular weight is 430 g/mol. The zero-order valence-corrected chi connectivity index (χ0v) is 17.7. The van der Waals surface area contributed by atoms with Crippen LogP contribution in [0.5, 0.6) is 0 Å². The van der Waals surface area contributed by atoms with Crippen molar-refractivity contribution in [2.45, 2.75) is 12.5 Å². The van der Waals surface area contributed by atoms with Crippen LogP contribution < -0.4 is 5.32 Å². The molecule has 0 amide bonds. The summed E-state index contributed by atoms with van der Waals surface area (Å²) in [4.78, 5) is 11.1. The van der Waals surface area contributed by atoms with Gasteiger partial charge >= 0.3 is 0 Å². The number of morpholine rings is 1. The number of nitrogens with zero attached hydrogens (tertiary/aromatic N) is 6. The first kappa shape index (κ1) is 20.4. The molecule has 1 aliphatic heterocycles. The van der Waals surface area contributed by atoms with Crippen LogP contribution in [0.15, 0.2) is 46.2 Å². The van der Waals surface area contributed by atoms with Gasteiger partial charge in [0.25, 0.3) is 0 Å². The molecule has 0 saturated carbocycles. The molecule has 30 heavy (non-hydrogen) atoms. The van der Waals surface area contributed by atoms with Crippen LogP contribution in [0.4, 0.5) is 0 Å². The molecule has 9 nitrogen and oxygen atoms in total. The number of aryl methyl sites for hydroxylation is 1. The van der Waals surface area contributed by atoms with Gasteiger partial charge in [-0.15, -0.1) is 0 Å². The summed E-state index contributed by atoms with van der Waals surface area (Å²) in [6.45, 7) is 2.74. The molecule has 158 valence electrons. The minimum absolute atomic E-state index is 0.0257. The van der Waals surface area contributed by atoms with Crippen molar-refractivity contribution in [1.82, 2.24) is 30.1 Å². The van der Waals surface area contributed by atoms with Crippen molar-refractivity contribution in [2.24, 2.45) is 12.0 Å². The third kappa shape index (κ3) is 4.80. The Morgan fingerprint density at radius 3 is 3.07 bits per heavy atom. The van der Waals surface area contributed by atoms with Gasteiger partial charge in [-0.05, 0) is 12.1 Å². The highest BCUT2D eigenvalue weighted by atomic mass is 35.5. The fraction of sp³-hybridized carbons (Fsp3) is 0.400. The SMILES string of the molecule is CN=C(NCCc1nc(-c2cccc(Cl)c2)no1)N1CCOC(c2cnn(C)c2)C1. The number of hydrogen-bond donors (Lipinski definition) is 1. The largest absolute Gasteiger partial charge is 0.370 e. The lowest BCUT2D eigenvalue weighted by Gasteiger charge is -2.34. The summed E-state index contributed by atoms with van der Waals surface area (Å²) in [6, 6.07) is 7.39. The summed E-state index contributed by atoms with van der Waals surface area (Å²) >= 11 is 6.03. The van der Waals surface area contributed by atoms with Crippen LogP contribution in [0.3, 0.4) is 0 Å². The van der Waals surface area contributed by atoms with Crippen molar-refractivity contribution in [3.63, 3.8) is 0 Å². The first-order valence-electron chi connectivity index (χ1n) is 9.76. The molecule has 3 heterocycles. The standard InChI is InChI=1S/C20H24ClN7O2/c1-22-20(28-8-9-29-17(13-28)15-11-24-27(2)12-15)23-7-6-18-25-19(26-30-18)14-4-3-5-16(21)10-14/h3-5,10-12,17H,6-9,13H2,1-2H3,(H,22,23). The number of aromatic nitrogens is 4. The lowest BCUT2D eigenvalue weighted by Crippen LogP contribution is -2.48. The van der Waals surface area contributed by atoms with Crippen molar-refractivity contribution in [1.29, 1.82) is 0 Å². The highest BCUT2D eigenvalue weighted by molar-refractivity contribution is 6.30. The average Bonchev–Trinajstić information content (AvgIpc) is 3.41. The Bertz CT molecular complexity index is 1020. The third-order valence-electron chi connectivity index (χ3n) is 4.85. The quantitative estimate of drug-likeness (QED) is 0.491. The Kier molecular flexibility index (Phi) is 6.29. The number of benzene rings is 1. The van der Waals surface area contributed by atoms with Crippen LogP contribution in [0.1, 0.15) is 17.6 Å². The fourth-order valence-electron chi connectivity index (χ4n) is 3.36. The Balaban J connectivity index is 1.32. The van der Waals surface area contributed by atoms with Crippen LogP contribution in [-0.4, -0.2) is 64.1 Å². The molecule has 1 aromatic carbocycles. The lowest BCUT2D eigenvalue weighted by atomic mass is 10.1. The molecule has 3 aromatic rings. The summed E-state index contributed by atoms with van der Waals surface area (Å²) < 4.78 is 13.1. The van der Waals surface area contributed by atoms with Crippen LogP contribution in [0, 0.1) is 0 Å². The Morgan fingerprint density at radius 1 is 1.40 bits per heavy atom. The molecule has 1 unspecified atom stereocenters. The molecular weight excluding hydrogens is 406 g/mol. The molecule has 1 atom stereocenters. The van der Waals surface area contributed by atoms with E-state index >= 15 is 0 Å². The number of rotatable bonds is 5. The minimum atomic E-state index is -0.0257. The maximum atomic E-state index is 6.03. The number of hydrogen-bond acceptors (Lipinski definition) is 6. The fourth-order valence-corrected chi connectivity index (χ4v) is 3.55. The van der Waals surface area contributed by atoms with Crippen molar-refractivity contribution < 1.29 is 9.26 Å². The van der Waals surface area contributed by atoms with Crippen LogP contribution in [-0.2, 0) is 18.2 Å². The second-order valence-electron chi connectivity index (χ2n) is 7.00. The van der Waals surface area contributed by atoms with Crippen molar-refractivity contribution >= 4 is 17.6 Å². The van der Waals surface area contributed by atoms with Crippen molar-refractivity contribution in [3.8, 4) is 11.4 Å². The predicted molar refractivity (Wildman–Crippen MR) is 113 cm³/mol. The van der Waals surface area contributed by atoms with E-state index in [0.29, 0.717) is 42.9 Å². The molecule has 4 rings (SSSR count). The predicted octanol–water partition coefficient (Wildman–Crippen LogP) is 2.31. The molecule has 0 spiro atoms. The van der Waals surface area contributed by atoms with Crippen molar-refractivity contribution in [3.05, 3.63) is 53.1 Å². The summed E-state index contributed by atoms with van der Waals surface area (Å²) in [6.07, 6.45) is 4.39. The molecular formula is C20H24ClN7O2. The smallest absolute Gasteiger partial charge is 0.228 e. The second-order valence-corrected chi connectivity index (χ2v) is 7.44. The molecule has 1 fully saturated rings. The molecule has 1 aliphatic rings. The Morgan fingerprint density at radius 2 is 2.30 bits per heavy atom. The van der Waals surface area contributed by atoms with Gasteiger partial charge in [0.2, 0.25) is 11.7 Å². The first-order chi connectivity index (χ1) is 14.6. The normalized spacial score (nSPS) is 17.4. The van der Waals surface area contributed by atoms with E-state index in [9.17, 15) is 0 Å². The van der Waals surface area contributed by atoms with Gasteiger partial charge in [-0.25, -0.2) is 0 Å². The number of guanidine groups is 1. The van der Waals surface area contributed by atoms with Gasteiger partial charge in [0.05, 0.1) is 19.3 Å². The van der Waals surface area contributed by atoms with Gasteiger partial charge in [-0.3, -0.25) is 9.67 Å². The first-order valence-corrected chi connectivity index (χ1v) is 10.1. The second kappa shape index (κ2) is 9.27. The maximum absolute atomic E-state index is 6.03. The van der Waals surface area contributed by atoms with E-state index in [-0.39, 0.29) is 6.10 Å². The molecule has 0 radical (unpaired) electrons. The number of nitrogens with one attached hydrogen (secondary N) is 1. The van der Waals surface area contributed by atoms with E-state index in [1.165, 1.54) is 0 Å². The molecule has 1 N–H and O–H groups in total. The van der Waals surface area contributed by atoms with E-state index < -0.39 is 0 Å². The van der Waals surface area contributed by atoms with Crippen molar-refractivity contribution in [2.75, 3.05) is 33.3 Å². The van der Waals surface area contributed by atoms with Gasteiger partial charge in [-0.2, -0.15) is 10.1 Å². The lowest BCUT2D eigenvalue weighted by molar-refractivity contribution is -0.00801. The highest BCUT2D eigenvalue weighted by Crippen LogP contribution is 2.22. The third-order valence-corrected chi connectivity index (χ3v) is 5.08. The van der Waals surface area contributed by atoms with Gasteiger partial charge in [0, 0.05) is 56.0 Å². The van der Waals surface area contributed by atoms with Gasteiger partial charge < -0.3 is 19.5 Å². The number of ether oxygens (including phenoxy) is 1. The summed E-state index contributed by atoms with van der Waals surface area (Å²) in [5.41, 5.74) is 1.90. The monoisotopic (exact) mass is 429 g/mol. The molecule has 10 heteroatoms. The highest BCUT2D eigenvalue weighted by Gasteiger charge is 2.25. The topological polar surface area (TPSA) is 93.6 Å². The zero-order valence-electron chi connectivity index (χ0n) is 17.0. The molecule has 0 bridgehead atoms. The van der Waals surface area contributed by atoms with Crippen LogP contribution >= 0.6 is 11.6 Å². The van der Waals surface area contributed by atoms with E-state index in [1.54, 1.807) is 11.7 Å². The van der Waals surface area contributed by atoms with E-state index in [2.05, 4.69) is 30.4 Å². The van der Waals surface area contributed by atoms with Gasteiger partial charge in [0.15, 0.2) is 5.96 Å². The summed E-state index contributed by atoms with van der Waals surface area (Å²) in [5, 5.41) is 12.3. The van der Waals surface area contributed by atoms with E-state index in [4.69, 9.17) is 20.9 Å². The van der Waals surface area contributed by atoms with Crippen LogP contribution in [0.25, 0.3) is 11.4 Å². The molecule has 0 aliphatic carbocycles.